The van der Waals surface area contributed by atoms with Gasteiger partial charge in [-0.3, -0.25) is 9.59 Å². The van der Waals surface area contributed by atoms with E-state index in [9.17, 15) is 9.59 Å². The Morgan fingerprint density at radius 1 is 1.07 bits per heavy atom. The lowest BCUT2D eigenvalue weighted by Gasteiger charge is -2.19. The maximum Gasteiger partial charge on any atom is 0.255 e. The summed E-state index contributed by atoms with van der Waals surface area (Å²) in [6.45, 7) is 4.51. The number of carbonyl (C=O) groups excluding carboxylic acids is 2. The monoisotopic (exact) mass is 368 g/mol. The van der Waals surface area contributed by atoms with Crippen molar-refractivity contribution in [3.05, 3.63) is 53.1 Å². The molecule has 0 saturated carbocycles. The van der Waals surface area contributed by atoms with Crippen LogP contribution in [0, 0.1) is 13.8 Å². The Kier molecular flexibility index (Phi) is 5.35. The molecule has 2 amide bonds. The average Bonchev–Trinajstić information content (AvgIpc) is 3.03. The predicted molar refractivity (Wildman–Crippen MR) is 104 cm³/mol. The first kappa shape index (κ1) is 18.8. The van der Waals surface area contributed by atoms with Crippen LogP contribution in [0.1, 0.15) is 27.9 Å². The SMILES string of the molecule is COc1ccc(C(=O)N[C@@H]2CC(=O)N(c3ccc(C)c(C)c3)C2)c(OC)c1. The quantitative estimate of drug-likeness (QED) is 0.881. The molecule has 3 rings (SSSR count). The van der Waals surface area contributed by atoms with Gasteiger partial charge in [0.2, 0.25) is 5.91 Å². The molecule has 6 nitrogen and oxygen atoms in total. The Bertz CT molecular complexity index is 878. The largest absolute Gasteiger partial charge is 0.497 e. The Labute approximate surface area is 159 Å². The molecule has 1 aliphatic heterocycles. The van der Waals surface area contributed by atoms with Crippen molar-refractivity contribution in [3.8, 4) is 11.5 Å². The van der Waals surface area contributed by atoms with E-state index in [2.05, 4.69) is 5.32 Å². The fraction of sp³-hybridized carbons (Fsp3) is 0.333. The van der Waals surface area contributed by atoms with Crippen LogP contribution < -0.4 is 19.7 Å². The maximum absolute atomic E-state index is 12.7. The second kappa shape index (κ2) is 7.70. The summed E-state index contributed by atoms with van der Waals surface area (Å²) >= 11 is 0. The van der Waals surface area contributed by atoms with Gasteiger partial charge in [-0.05, 0) is 49.2 Å². The third kappa shape index (κ3) is 3.89. The first-order valence-corrected chi connectivity index (χ1v) is 8.83. The van der Waals surface area contributed by atoms with Gasteiger partial charge in [0.15, 0.2) is 0 Å². The van der Waals surface area contributed by atoms with E-state index in [1.807, 2.05) is 32.0 Å². The first-order valence-electron chi connectivity index (χ1n) is 8.83. The van der Waals surface area contributed by atoms with Gasteiger partial charge in [-0.2, -0.15) is 0 Å². The highest BCUT2D eigenvalue weighted by Gasteiger charge is 2.32. The van der Waals surface area contributed by atoms with Gasteiger partial charge in [-0.1, -0.05) is 6.07 Å². The number of anilines is 1. The molecule has 0 spiro atoms. The molecule has 6 heteroatoms. The molecular formula is C21H24N2O4. The van der Waals surface area contributed by atoms with Crippen LogP contribution in [0.3, 0.4) is 0 Å². The van der Waals surface area contributed by atoms with Crippen molar-refractivity contribution in [2.45, 2.75) is 26.3 Å². The van der Waals surface area contributed by atoms with E-state index in [0.717, 1.165) is 11.3 Å². The zero-order chi connectivity index (χ0) is 19.6. The van der Waals surface area contributed by atoms with Crippen LogP contribution in [0.2, 0.25) is 0 Å². The zero-order valence-corrected chi connectivity index (χ0v) is 16.0. The molecule has 27 heavy (non-hydrogen) atoms. The number of carbonyl (C=O) groups is 2. The molecule has 2 aromatic carbocycles. The minimum absolute atomic E-state index is 0.00486. The lowest BCUT2D eigenvalue weighted by atomic mass is 10.1. The number of hydrogen-bond acceptors (Lipinski definition) is 4. The molecule has 2 aromatic rings. The third-order valence-electron chi connectivity index (χ3n) is 4.92. The summed E-state index contributed by atoms with van der Waals surface area (Å²) in [5.74, 6) is 0.780. The molecule has 1 aliphatic rings. The molecule has 142 valence electrons. The highest BCUT2D eigenvalue weighted by Crippen LogP contribution is 2.26. The summed E-state index contributed by atoms with van der Waals surface area (Å²) in [6.07, 6.45) is 0.275. The summed E-state index contributed by atoms with van der Waals surface area (Å²) in [6, 6.07) is 10.7. The van der Waals surface area contributed by atoms with Gasteiger partial charge in [0, 0.05) is 24.7 Å². The van der Waals surface area contributed by atoms with Crippen molar-refractivity contribution in [3.63, 3.8) is 0 Å². The van der Waals surface area contributed by atoms with Crippen LogP contribution in [0.15, 0.2) is 36.4 Å². The second-order valence-corrected chi connectivity index (χ2v) is 6.71. The van der Waals surface area contributed by atoms with E-state index in [0.29, 0.717) is 23.6 Å². The molecule has 0 unspecified atom stereocenters. The molecule has 0 bridgehead atoms. The minimum atomic E-state index is -0.269. The molecule has 0 radical (unpaired) electrons. The zero-order valence-electron chi connectivity index (χ0n) is 16.0. The van der Waals surface area contributed by atoms with Gasteiger partial charge in [0.1, 0.15) is 11.5 Å². The standard InChI is InChI=1S/C21H24N2O4/c1-13-5-6-16(9-14(13)2)23-12-15(10-20(23)24)22-21(25)18-8-7-17(26-3)11-19(18)27-4/h5-9,11,15H,10,12H2,1-4H3,(H,22,25)/t15-/m1/s1. The molecule has 1 N–H and O–H groups in total. The lowest BCUT2D eigenvalue weighted by molar-refractivity contribution is -0.117. The normalized spacial score (nSPS) is 16.4. The number of nitrogens with one attached hydrogen (secondary N) is 1. The summed E-state index contributed by atoms with van der Waals surface area (Å²) in [5, 5.41) is 2.94. The van der Waals surface area contributed by atoms with Crippen LogP contribution in [0.5, 0.6) is 11.5 Å². The number of methoxy groups -OCH3 is 2. The van der Waals surface area contributed by atoms with Gasteiger partial charge in [-0.15, -0.1) is 0 Å². The fourth-order valence-corrected chi connectivity index (χ4v) is 3.20. The van der Waals surface area contributed by atoms with Crippen molar-refractivity contribution in [2.24, 2.45) is 0 Å². The molecule has 1 saturated heterocycles. The van der Waals surface area contributed by atoms with E-state index in [1.165, 1.54) is 12.7 Å². The van der Waals surface area contributed by atoms with E-state index in [4.69, 9.17) is 9.47 Å². The summed E-state index contributed by atoms with van der Waals surface area (Å²) in [5.41, 5.74) is 3.59. The van der Waals surface area contributed by atoms with Gasteiger partial charge in [0.25, 0.3) is 5.91 Å². The maximum atomic E-state index is 12.7. The van der Waals surface area contributed by atoms with Crippen molar-refractivity contribution in [1.82, 2.24) is 5.32 Å². The second-order valence-electron chi connectivity index (χ2n) is 6.71. The van der Waals surface area contributed by atoms with E-state index >= 15 is 0 Å². The summed E-state index contributed by atoms with van der Waals surface area (Å²) in [7, 11) is 3.06. The van der Waals surface area contributed by atoms with Crippen LogP contribution >= 0.6 is 0 Å². The van der Waals surface area contributed by atoms with Gasteiger partial charge < -0.3 is 19.7 Å². The number of ether oxygens (including phenoxy) is 2. The Morgan fingerprint density at radius 3 is 2.52 bits per heavy atom. The smallest absolute Gasteiger partial charge is 0.255 e. The van der Waals surface area contributed by atoms with Crippen LogP contribution in [-0.4, -0.2) is 38.6 Å². The van der Waals surface area contributed by atoms with Gasteiger partial charge >= 0.3 is 0 Å². The average molecular weight is 368 g/mol. The molecule has 0 aromatic heterocycles. The van der Waals surface area contributed by atoms with Crippen molar-refractivity contribution < 1.29 is 19.1 Å². The highest BCUT2D eigenvalue weighted by atomic mass is 16.5. The van der Waals surface area contributed by atoms with Crippen molar-refractivity contribution >= 4 is 17.5 Å². The predicted octanol–water partition coefficient (Wildman–Crippen LogP) is 2.86. The number of benzene rings is 2. The topological polar surface area (TPSA) is 67.9 Å². The Balaban J connectivity index is 1.72. The van der Waals surface area contributed by atoms with E-state index < -0.39 is 0 Å². The van der Waals surface area contributed by atoms with Gasteiger partial charge in [-0.25, -0.2) is 0 Å². The molecule has 1 atom stereocenters. The van der Waals surface area contributed by atoms with E-state index in [1.54, 1.807) is 30.2 Å². The molecule has 1 fully saturated rings. The third-order valence-corrected chi connectivity index (χ3v) is 4.92. The molecular weight excluding hydrogens is 344 g/mol. The summed E-state index contributed by atoms with van der Waals surface area (Å²) < 4.78 is 10.4. The van der Waals surface area contributed by atoms with Crippen LogP contribution in [-0.2, 0) is 4.79 Å². The molecule has 0 aliphatic carbocycles. The Morgan fingerprint density at radius 2 is 1.85 bits per heavy atom. The number of nitrogens with zero attached hydrogens (tertiary/aromatic N) is 1. The minimum Gasteiger partial charge on any atom is -0.497 e. The Hall–Kier alpha value is -3.02. The number of hydrogen-bond donors (Lipinski definition) is 1. The summed E-state index contributed by atoms with van der Waals surface area (Å²) in [4.78, 5) is 26.8. The molecule has 1 heterocycles. The highest BCUT2D eigenvalue weighted by molar-refractivity contribution is 6.00. The van der Waals surface area contributed by atoms with Crippen LogP contribution in [0.4, 0.5) is 5.69 Å². The first-order chi connectivity index (χ1) is 12.9. The number of amides is 2. The van der Waals surface area contributed by atoms with Crippen molar-refractivity contribution in [1.29, 1.82) is 0 Å². The van der Waals surface area contributed by atoms with Crippen LogP contribution in [0.25, 0.3) is 0 Å². The van der Waals surface area contributed by atoms with E-state index in [-0.39, 0.29) is 24.3 Å². The lowest BCUT2D eigenvalue weighted by Crippen LogP contribution is -2.37. The fourth-order valence-electron chi connectivity index (χ4n) is 3.20. The van der Waals surface area contributed by atoms with Gasteiger partial charge in [0.05, 0.1) is 25.8 Å². The van der Waals surface area contributed by atoms with Crippen molar-refractivity contribution in [2.75, 3.05) is 25.7 Å². The number of rotatable bonds is 5. The number of aryl methyl sites for hydroxylation is 2.